The average molecular weight is 422 g/mol. The van der Waals surface area contributed by atoms with Crippen LogP contribution in [0.1, 0.15) is 35.0 Å². The zero-order valence-corrected chi connectivity index (χ0v) is 15.9. The van der Waals surface area contributed by atoms with Crippen LogP contribution in [0.3, 0.4) is 0 Å². The minimum Gasteiger partial charge on any atom is -0.508 e. The number of hydrogen-bond acceptors (Lipinski definition) is 5. The summed E-state index contributed by atoms with van der Waals surface area (Å²) in [6, 6.07) is 4.87. The van der Waals surface area contributed by atoms with E-state index in [1.165, 1.54) is 18.2 Å². The molecule has 0 saturated carbocycles. The van der Waals surface area contributed by atoms with Crippen LogP contribution in [0.25, 0.3) is 11.3 Å². The van der Waals surface area contributed by atoms with Crippen molar-refractivity contribution < 1.29 is 27.5 Å². The Morgan fingerprint density at radius 2 is 2.03 bits per heavy atom. The first-order valence-electron chi connectivity index (χ1n) is 9.19. The number of aromatic hydroxyl groups is 1. The number of phenolic OH excluding ortho intramolecular Hbond substituents is 1. The Hall–Kier alpha value is -3.01. The van der Waals surface area contributed by atoms with Gasteiger partial charge in [0, 0.05) is 36.0 Å². The number of carbonyl (C=O) groups excluding carboxylic acids is 1. The molecule has 158 valence electrons. The van der Waals surface area contributed by atoms with E-state index in [0.717, 1.165) is 11.0 Å². The molecular weight excluding hydrogens is 404 g/mol. The first-order chi connectivity index (χ1) is 14.0. The molecule has 0 radical (unpaired) electrons. The van der Waals surface area contributed by atoms with E-state index in [1.54, 1.807) is 6.92 Å². The van der Waals surface area contributed by atoms with Crippen LogP contribution in [-0.4, -0.2) is 51.4 Å². The topological polar surface area (TPSA) is 91.8 Å². The second kappa shape index (κ2) is 6.76. The van der Waals surface area contributed by atoms with Crippen LogP contribution in [0, 0.1) is 5.82 Å². The van der Waals surface area contributed by atoms with Gasteiger partial charge in [0.2, 0.25) is 0 Å². The lowest BCUT2D eigenvalue weighted by molar-refractivity contribution is -0.181. The summed E-state index contributed by atoms with van der Waals surface area (Å²) < 4.78 is 54.2. The van der Waals surface area contributed by atoms with Gasteiger partial charge in [0.05, 0.1) is 23.5 Å². The number of alkyl halides is 3. The Balaban J connectivity index is 1.77. The molecule has 4 rings (SSSR count). The van der Waals surface area contributed by atoms with Crippen LogP contribution >= 0.6 is 0 Å². The van der Waals surface area contributed by atoms with Crippen molar-refractivity contribution in [3.05, 3.63) is 46.9 Å². The zero-order chi connectivity index (χ0) is 21.8. The first kappa shape index (κ1) is 20.3. The quantitative estimate of drug-likeness (QED) is 0.728. The van der Waals surface area contributed by atoms with E-state index >= 15 is 0 Å². The van der Waals surface area contributed by atoms with Gasteiger partial charge in [-0.1, -0.05) is 0 Å². The second-order valence-corrected chi connectivity index (χ2v) is 7.57. The van der Waals surface area contributed by atoms with Crippen molar-refractivity contribution >= 4 is 11.6 Å². The van der Waals surface area contributed by atoms with Crippen LogP contribution < -0.4 is 5.73 Å². The van der Waals surface area contributed by atoms with Crippen molar-refractivity contribution in [2.75, 3.05) is 13.1 Å². The molecule has 1 unspecified atom stereocenters. The van der Waals surface area contributed by atoms with E-state index in [2.05, 4.69) is 9.98 Å². The maximum Gasteiger partial charge on any atom is 0.408 e. The van der Waals surface area contributed by atoms with E-state index in [-0.39, 0.29) is 35.7 Å². The molecule has 1 aromatic carbocycles. The van der Waals surface area contributed by atoms with Crippen molar-refractivity contribution in [2.45, 2.75) is 31.6 Å². The van der Waals surface area contributed by atoms with Crippen LogP contribution in [-0.2, 0) is 6.54 Å². The molecule has 2 aliphatic heterocycles. The van der Waals surface area contributed by atoms with Gasteiger partial charge in [-0.2, -0.15) is 13.2 Å². The van der Waals surface area contributed by atoms with Gasteiger partial charge < -0.3 is 15.7 Å². The highest BCUT2D eigenvalue weighted by molar-refractivity contribution is 6.11. The van der Waals surface area contributed by atoms with Crippen molar-refractivity contribution in [2.24, 2.45) is 10.7 Å². The molecular formula is C20H18F4N4O2. The number of fused-ring (bicyclic) bond motifs is 1. The average Bonchev–Trinajstić information content (AvgIpc) is 3.24. The van der Waals surface area contributed by atoms with E-state index in [4.69, 9.17) is 5.73 Å². The number of likely N-dealkylation sites (tertiary alicyclic amines) is 1. The number of pyridine rings is 1. The van der Waals surface area contributed by atoms with Gasteiger partial charge in [-0.15, -0.1) is 0 Å². The summed E-state index contributed by atoms with van der Waals surface area (Å²) in [7, 11) is 0. The number of rotatable bonds is 2. The van der Waals surface area contributed by atoms with Gasteiger partial charge in [0.15, 0.2) is 0 Å². The minimum absolute atomic E-state index is 0.0547. The summed E-state index contributed by atoms with van der Waals surface area (Å²) in [6.45, 7) is 1.05. The number of halogens is 4. The smallest absolute Gasteiger partial charge is 0.408 e. The highest BCUT2D eigenvalue weighted by Crippen LogP contribution is 2.37. The van der Waals surface area contributed by atoms with Crippen LogP contribution in [0.2, 0.25) is 0 Å². The highest BCUT2D eigenvalue weighted by Gasteiger charge is 2.56. The molecule has 0 bridgehead atoms. The lowest BCUT2D eigenvalue weighted by Gasteiger charge is -2.27. The largest absolute Gasteiger partial charge is 0.508 e. The Bertz CT molecular complexity index is 1080. The summed E-state index contributed by atoms with van der Waals surface area (Å²) in [6.07, 6.45) is -5.04. The number of amides is 1. The van der Waals surface area contributed by atoms with Gasteiger partial charge in [-0.05, 0) is 31.5 Å². The van der Waals surface area contributed by atoms with Crippen molar-refractivity contribution in [3.8, 4) is 17.0 Å². The Labute approximate surface area is 169 Å². The van der Waals surface area contributed by atoms with E-state index in [1.807, 2.05) is 0 Å². The maximum atomic E-state index is 14.4. The van der Waals surface area contributed by atoms with Crippen LogP contribution in [0.4, 0.5) is 17.6 Å². The third-order valence-corrected chi connectivity index (χ3v) is 5.53. The minimum atomic E-state index is -4.64. The number of nitrogens with two attached hydrogens (primary N) is 1. The van der Waals surface area contributed by atoms with E-state index in [9.17, 15) is 27.5 Å². The zero-order valence-electron chi connectivity index (χ0n) is 15.9. The molecule has 1 saturated heterocycles. The highest BCUT2D eigenvalue weighted by atomic mass is 19.4. The van der Waals surface area contributed by atoms with Gasteiger partial charge in [0.1, 0.15) is 17.1 Å². The van der Waals surface area contributed by atoms with Gasteiger partial charge in [0.25, 0.3) is 5.91 Å². The molecule has 1 fully saturated rings. The molecule has 10 heteroatoms. The number of hydrogen-bond donors (Lipinski definition) is 2. The van der Waals surface area contributed by atoms with Gasteiger partial charge in [-0.3, -0.25) is 9.79 Å². The summed E-state index contributed by atoms with van der Waals surface area (Å²) in [5.74, 6) is -1.64. The predicted octanol–water partition coefficient (Wildman–Crippen LogP) is 3.02. The Morgan fingerprint density at radius 3 is 2.67 bits per heavy atom. The Morgan fingerprint density at radius 1 is 1.30 bits per heavy atom. The fourth-order valence-corrected chi connectivity index (χ4v) is 3.82. The first-order valence-corrected chi connectivity index (χ1v) is 9.19. The molecule has 0 aliphatic carbocycles. The number of carbonyl (C=O) groups is 1. The van der Waals surface area contributed by atoms with Crippen molar-refractivity contribution in [1.29, 1.82) is 0 Å². The van der Waals surface area contributed by atoms with Gasteiger partial charge in [-0.25, -0.2) is 9.37 Å². The molecule has 30 heavy (non-hydrogen) atoms. The predicted molar refractivity (Wildman–Crippen MR) is 101 cm³/mol. The Kier molecular flexibility index (Phi) is 4.57. The lowest BCUT2D eigenvalue weighted by Crippen LogP contribution is -2.55. The monoisotopic (exact) mass is 422 g/mol. The molecule has 3 N–H and O–H groups in total. The molecule has 2 aromatic rings. The molecule has 6 nitrogen and oxygen atoms in total. The number of phenols is 1. The second-order valence-electron chi connectivity index (χ2n) is 7.57. The summed E-state index contributed by atoms with van der Waals surface area (Å²) >= 11 is 0. The third kappa shape index (κ3) is 3.20. The molecule has 1 amide bonds. The molecule has 3 heterocycles. The fraction of sp³-hybridized carbons (Fsp3) is 0.350. The summed E-state index contributed by atoms with van der Waals surface area (Å²) in [4.78, 5) is 22.9. The normalized spacial score (nSPS) is 21.0. The number of benzene rings is 1. The third-order valence-electron chi connectivity index (χ3n) is 5.53. The molecule has 2 aliphatic rings. The number of aliphatic imine (C=N–C) groups is 1. The summed E-state index contributed by atoms with van der Waals surface area (Å²) in [5, 5.41) is 9.43. The fourth-order valence-electron chi connectivity index (χ4n) is 3.82. The summed E-state index contributed by atoms with van der Waals surface area (Å²) in [5.41, 5.74) is 4.76. The van der Waals surface area contributed by atoms with E-state index < -0.39 is 36.4 Å². The van der Waals surface area contributed by atoms with Crippen molar-refractivity contribution in [3.63, 3.8) is 0 Å². The lowest BCUT2D eigenvalue weighted by atomic mass is 9.98. The van der Waals surface area contributed by atoms with Crippen LogP contribution in [0.5, 0.6) is 5.75 Å². The molecule has 0 spiro atoms. The van der Waals surface area contributed by atoms with Crippen LogP contribution in [0.15, 0.2) is 29.3 Å². The molecule has 1 atom stereocenters. The van der Waals surface area contributed by atoms with E-state index in [0.29, 0.717) is 17.0 Å². The van der Waals surface area contributed by atoms with Gasteiger partial charge >= 0.3 is 6.18 Å². The SMILES string of the molecule is CC1=NCc2nc(-c3ccc(O)cc3F)cc(C(=O)N3CCC(N)(C(F)(F)F)C3)c21. The number of nitrogens with zero attached hydrogens (tertiary/aromatic N) is 3. The van der Waals surface area contributed by atoms with Crippen molar-refractivity contribution in [1.82, 2.24) is 9.88 Å². The standard InChI is InChI=1S/C20H18F4N4O2/c1-10-17-13(18(30)28-5-4-19(25,9-28)20(22,23)24)7-15(27-16(17)8-26-10)12-3-2-11(29)6-14(12)21/h2-3,6-7,29H,4-5,8-9,25H2,1H3. The molecule has 1 aromatic heterocycles. The number of aromatic nitrogens is 1. The maximum absolute atomic E-state index is 14.4.